The Morgan fingerprint density at radius 2 is 2.43 bits per heavy atom. The van der Waals surface area contributed by atoms with Gasteiger partial charge in [-0.15, -0.1) is 0 Å². The fourth-order valence-electron chi connectivity index (χ4n) is 0.210. The van der Waals surface area contributed by atoms with Gasteiger partial charge < -0.3 is 11.1 Å². The first-order valence-corrected chi connectivity index (χ1v) is 2.17. The molecule has 0 fully saturated rings. The molecule has 2 heteroatoms. The predicted molar refractivity (Wildman–Crippen MR) is 31.6 cm³/mol. The third-order valence-corrected chi connectivity index (χ3v) is 0.690. The lowest BCUT2D eigenvalue weighted by atomic mass is 10.3. The molecule has 0 aromatic heterocycles. The van der Waals surface area contributed by atoms with Crippen molar-refractivity contribution in [2.45, 2.75) is 6.92 Å². The van der Waals surface area contributed by atoms with Gasteiger partial charge in [0.15, 0.2) is 0 Å². The molecule has 0 aromatic rings. The van der Waals surface area contributed by atoms with Gasteiger partial charge in [0.1, 0.15) is 0 Å². The number of hydrogen-bond acceptors (Lipinski definition) is 2. The highest BCUT2D eigenvalue weighted by Crippen LogP contribution is 1.81. The molecule has 0 aliphatic carbocycles. The van der Waals surface area contributed by atoms with Crippen LogP contribution >= 0.6 is 0 Å². The zero-order valence-electron chi connectivity index (χ0n) is 4.44. The number of rotatable bonds is 2. The van der Waals surface area contributed by atoms with Gasteiger partial charge in [0.2, 0.25) is 0 Å². The van der Waals surface area contributed by atoms with Crippen LogP contribution in [0.1, 0.15) is 6.92 Å². The molecule has 0 heterocycles. The van der Waals surface area contributed by atoms with Gasteiger partial charge in [-0.25, -0.2) is 0 Å². The predicted octanol–water partition coefficient (Wildman–Crippen LogP) is 0.541. The van der Waals surface area contributed by atoms with Crippen LogP contribution in [0.5, 0.6) is 0 Å². The van der Waals surface area contributed by atoms with Gasteiger partial charge in [-0.05, 0) is 13.0 Å². The Labute approximate surface area is 43.5 Å². The Balaban J connectivity index is 3.49. The molecule has 0 atom stereocenters. The van der Waals surface area contributed by atoms with Crippen LogP contribution in [0.2, 0.25) is 0 Å². The van der Waals surface area contributed by atoms with Gasteiger partial charge in [-0.3, -0.25) is 0 Å². The zero-order chi connectivity index (χ0) is 5.70. The van der Waals surface area contributed by atoms with Crippen LogP contribution in [0.25, 0.3) is 0 Å². The highest BCUT2D eigenvalue weighted by molar-refractivity contribution is 5.68. The largest absolute Gasteiger partial charge is 0.327 e. The van der Waals surface area contributed by atoms with Crippen molar-refractivity contribution in [2.75, 3.05) is 6.54 Å². The Hall–Kier alpha value is -0.630. The Morgan fingerprint density at radius 1 is 1.86 bits per heavy atom. The molecule has 0 aliphatic heterocycles. The number of allylic oxidation sites excluding steroid dienone is 1. The van der Waals surface area contributed by atoms with E-state index in [0.29, 0.717) is 6.54 Å². The molecule has 0 bridgehead atoms. The molecular weight excluding hydrogens is 88.1 g/mol. The third kappa shape index (κ3) is 3.19. The minimum atomic E-state index is 0.551. The van der Waals surface area contributed by atoms with Gasteiger partial charge in [-0.1, -0.05) is 5.57 Å². The van der Waals surface area contributed by atoms with Crippen molar-refractivity contribution in [3.05, 3.63) is 11.6 Å². The van der Waals surface area contributed by atoms with Crippen LogP contribution in [-0.4, -0.2) is 12.8 Å². The molecular formula is C5H10N2. The zero-order valence-corrected chi connectivity index (χ0v) is 4.44. The average Bonchev–Trinajstić information content (AvgIpc) is 1.68. The minimum Gasteiger partial charge on any atom is -0.327 e. The van der Waals surface area contributed by atoms with Crippen molar-refractivity contribution in [3.63, 3.8) is 0 Å². The summed E-state index contributed by atoms with van der Waals surface area (Å²) >= 11 is 0. The second-order valence-electron chi connectivity index (χ2n) is 1.38. The molecule has 0 amide bonds. The maximum absolute atomic E-state index is 6.58. The van der Waals surface area contributed by atoms with Gasteiger partial charge in [0, 0.05) is 12.8 Å². The summed E-state index contributed by atoms with van der Waals surface area (Å²) < 4.78 is 0. The quantitative estimate of drug-likeness (QED) is 0.486. The van der Waals surface area contributed by atoms with E-state index in [1.165, 1.54) is 6.21 Å². The van der Waals surface area contributed by atoms with Gasteiger partial charge in [0.25, 0.3) is 0 Å². The summed E-state index contributed by atoms with van der Waals surface area (Å²) in [6, 6.07) is 0. The molecule has 2 nitrogen and oxygen atoms in total. The van der Waals surface area contributed by atoms with Crippen LogP contribution in [-0.2, 0) is 0 Å². The molecule has 7 heavy (non-hydrogen) atoms. The maximum Gasteiger partial charge on any atom is 0.0177 e. The molecule has 0 aromatic carbocycles. The van der Waals surface area contributed by atoms with Crippen LogP contribution in [0, 0.1) is 5.41 Å². The van der Waals surface area contributed by atoms with Crippen LogP contribution in [0.15, 0.2) is 11.6 Å². The minimum absolute atomic E-state index is 0.551. The lowest BCUT2D eigenvalue weighted by Gasteiger charge is -1.86. The summed E-state index contributed by atoms with van der Waals surface area (Å²) in [5.74, 6) is 0. The van der Waals surface area contributed by atoms with Crippen LogP contribution < -0.4 is 5.73 Å². The standard InChI is InChI=1S/C5H10N2/c1-5(4-7)2-3-6/h2-3,6H,4,7H2,1H3/b5-2+,6-3?. The van der Waals surface area contributed by atoms with E-state index in [4.69, 9.17) is 11.1 Å². The van der Waals surface area contributed by atoms with Crippen LogP contribution in [0.4, 0.5) is 0 Å². The highest BCUT2D eigenvalue weighted by Gasteiger charge is 1.75. The van der Waals surface area contributed by atoms with E-state index >= 15 is 0 Å². The van der Waals surface area contributed by atoms with E-state index in [1.54, 1.807) is 6.08 Å². The topological polar surface area (TPSA) is 49.9 Å². The van der Waals surface area contributed by atoms with Crippen LogP contribution in [0.3, 0.4) is 0 Å². The van der Waals surface area contributed by atoms with E-state index in [-0.39, 0.29) is 0 Å². The van der Waals surface area contributed by atoms with Gasteiger partial charge in [-0.2, -0.15) is 0 Å². The van der Waals surface area contributed by atoms with Crippen molar-refractivity contribution in [1.29, 1.82) is 5.41 Å². The Morgan fingerprint density at radius 3 is 2.57 bits per heavy atom. The normalized spacial score (nSPS) is 11.4. The van der Waals surface area contributed by atoms with Crippen molar-refractivity contribution >= 4 is 6.21 Å². The SMILES string of the molecule is C/C(=C\C=N)CN. The fourth-order valence-corrected chi connectivity index (χ4v) is 0.210. The highest BCUT2D eigenvalue weighted by atomic mass is 14.5. The van der Waals surface area contributed by atoms with E-state index in [9.17, 15) is 0 Å². The van der Waals surface area contributed by atoms with E-state index < -0.39 is 0 Å². The fraction of sp³-hybridized carbons (Fsp3) is 0.400. The maximum atomic E-state index is 6.58. The van der Waals surface area contributed by atoms with Crippen molar-refractivity contribution in [2.24, 2.45) is 5.73 Å². The summed E-state index contributed by atoms with van der Waals surface area (Å²) in [4.78, 5) is 0. The second-order valence-corrected chi connectivity index (χ2v) is 1.38. The Kier molecular flexibility index (Phi) is 3.24. The van der Waals surface area contributed by atoms with Gasteiger partial charge in [0.05, 0.1) is 0 Å². The molecule has 0 unspecified atom stereocenters. The number of hydrogen-bond donors (Lipinski definition) is 2. The van der Waals surface area contributed by atoms with E-state index in [0.717, 1.165) is 5.57 Å². The smallest absolute Gasteiger partial charge is 0.0177 e. The third-order valence-electron chi connectivity index (χ3n) is 0.690. The van der Waals surface area contributed by atoms with E-state index in [2.05, 4.69) is 0 Å². The first kappa shape index (κ1) is 6.37. The van der Waals surface area contributed by atoms with Crippen molar-refractivity contribution in [1.82, 2.24) is 0 Å². The molecule has 0 rings (SSSR count). The summed E-state index contributed by atoms with van der Waals surface area (Å²) in [5.41, 5.74) is 6.22. The molecule has 0 aliphatic rings. The number of nitrogens with one attached hydrogen (secondary N) is 1. The average molecular weight is 98.1 g/mol. The van der Waals surface area contributed by atoms with Gasteiger partial charge >= 0.3 is 0 Å². The second kappa shape index (κ2) is 3.56. The first-order chi connectivity index (χ1) is 3.31. The summed E-state index contributed by atoms with van der Waals surface area (Å²) in [5, 5.41) is 6.58. The molecule has 40 valence electrons. The Bertz CT molecular complexity index is 84.1. The molecule has 0 saturated heterocycles. The number of nitrogens with two attached hydrogens (primary N) is 1. The molecule has 0 spiro atoms. The van der Waals surface area contributed by atoms with Crippen molar-refractivity contribution < 1.29 is 0 Å². The van der Waals surface area contributed by atoms with Crippen molar-refractivity contribution in [3.8, 4) is 0 Å². The van der Waals surface area contributed by atoms with E-state index in [1.807, 2.05) is 6.92 Å². The first-order valence-electron chi connectivity index (χ1n) is 2.17. The monoisotopic (exact) mass is 98.1 g/mol. The molecule has 0 radical (unpaired) electrons. The lowest BCUT2D eigenvalue weighted by molar-refractivity contribution is 1.14. The summed E-state index contributed by atoms with van der Waals surface area (Å²) in [7, 11) is 0. The molecule has 0 saturated carbocycles. The summed E-state index contributed by atoms with van der Waals surface area (Å²) in [6.45, 7) is 2.44. The lowest BCUT2D eigenvalue weighted by Crippen LogP contribution is -1.99. The summed E-state index contributed by atoms with van der Waals surface area (Å²) in [6.07, 6.45) is 2.92. The molecule has 3 N–H and O–H groups in total.